The van der Waals surface area contributed by atoms with E-state index in [0.29, 0.717) is 11.6 Å². The number of rotatable bonds is 7. The molecule has 1 N–H and O–H groups in total. The predicted octanol–water partition coefficient (Wildman–Crippen LogP) is 4.81. The number of sulfonamides is 1. The SMILES string of the molecule is Cc1cccc(CNC(=O)CN(c2ccc(Cl)c(Cl)c2)S(=O)(=O)c2ccccc2)c1. The van der Waals surface area contributed by atoms with Crippen LogP contribution in [-0.2, 0) is 21.4 Å². The maximum atomic E-state index is 13.3. The number of aryl methyl sites for hydroxylation is 1. The normalized spacial score (nSPS) is 11.2. The van der Waals surface area contributed by atoms with Crippen molar-refractivity contribution in [3.8, 4) is 0 Å². The number of benzene rings is 3. The first kappa shape index (κ1) is 22.2. The van der Waals surface area contributed by atoms with E-state index in [2.05, 4.69) is 5.32 Å². The Balaban J connectivity index is 1.87. The van der Waals surface area contributed by atoms with Gasteiger partial charge in [0.25, 0.3) is 10.0 Å². The second-order valence-corrected chi connectivity index (χ2v) is 9.37. The number of anilines is 1. The molecule has 3 rings (SSSR count). The molecule has 0 fully saturated rings. The molecule has 0 aliphatic carbocycles. The van der Waals surface area contributed by atoms with Gasteiger partial charge < -0.3 is 5.32 Å². The van der Waals surface area contributed by atoms with Crippen LogP contribution in [0.3, 0.4) is 0 Å². The molecule has 3 aromatic carbocycles. The van der Waals surface area contributed by atoms with Crippen LogP contribution in [-0.4, -0.2) is 20.9 Å². The molecule has 0 unspecified atom stereocenters. The number of hydrogen-bond acceptors (Lipinski definition) is 3. The zero-order chi connectivity index (χ0) is 21.7. The zero-order valence-electron chi connectivity index (χ0n) is 16.2. The molecule has 0 saturated heterocycles. The minimum Gasteiger partial charge on any atom is -0.350 e. The van der Waals surface area contributed by atoms with E-state index in [1.54, 1.807) is 18.2 Å². The fourth-order valence-corrected chi connectivity index (χ4v) is 4.61. The lowest BCUT2D eigenvalue weighted by molar-refractivity contribution is -0.119. The molecule has 156 valence electrons. The number of nitrogens with zero attached hydrogens (tertiary/aromatic N) is 1. The molecule has 3 aromatic rings. The van der Waals surface area contributed by atoms with E-state index >= 15 is 0 Å². The summed E-state index contributed by atoms with van der Waals surface area (Å²) in [6, 6.07) is 20.1. The Morgan fingerprint density at radius 2 is 1.67 bits per heavy atom. The van der Waals surface area contributed by atoms with E-state index in [4.69, 9.17) is 23.2 Å². The van der Waals surface area contributed by atoms with E-state index in [0.717, 1.165) is 15.4 Å². The van der Waals surface area contributed by atoms with Crippen molar-refractivity contribution < 1.29 is 13.2 Å². The molecule has 1 amide bonds. The molecule has 0 bridgehead atoms. The number of carbonyl (C=O) groups is 1. The molecule has 0 aromatic heterocycles. The Labute approximate surface area is 186 Å². The Bertz CT molecular complexity index is 1150. The summed E-state index contributed by atoms with van der Waals surface area (Å²) in [5.41, 5.74) is 2.25. The fourth-order valence-electron chi connectivity index (χ4n) is 2.88. The molecule has 0 aliphatic rings. The number of hydrogen-bond donors (Lipinski definition) is 1. The average molecular weight is 463 g/mol. The third-order valence-electron chi connectivity index (χ3n) is 4.38. The minimum atomic E-state index is -4.00. The van der Waals surface area contributed by atoms with E-state index in [9.17, 15) is 13.2 Å². The van der Waals surface area contributed by atoms with Crippen molar-refractivity contribution in [3.05, 3.63) is 94.0 Å². The van der Waals surface area contributed by atoms with Crippen LogP contribution in [0.4, 0.5) is 5.69 Å². The van der Waals surface area contributed by atoms with Gasteiger partial charge in [0.05, 0.1) is 20.6 Å². The van der Waals surface area contributed by atoms with Gasteiger partial charge in [-0.25, -0.2) is 8.42 Å². The van der Waals surface area contributed by atoms with Crippen LogP contribution < -0.4 is 9.62 Å². The number of nitrogens with one attached hydrogen (secondary N) is 1. The molecule has 0 radical (unpaired) electrons. The lowest BCUT2D eigenvalue weighted by Gasteiger charge is -2.24. The maximum absolute atomic E-state index is 13.3. The highest BCUT2D eigenvalue weighted by Gasteiger charge is 2.27. The number of amides is 1. The van der Waals surface area contributed by atoms with Gasteiger partial charge in [0.2, 0.25) is 5.91 Å². The highest BCUT2D eigenvalue weighted by molar-refractivity contribution is 7.92. The van der Waals surface area contributed by atoms with Crippen LogP contribution in [0.1, 0.15) is 11.1 Å². The van der Waals surface area contributed by atoms with Crippen LogP contribution in [0.2, 0.25) is 10.0 Å². The van der Waals surface area contributed by atoms with Crippen molar-refractivity contribution in [1.29, 1.82) is 0 Å². The van der Waals surface area contributed by atoms with Crippen LogP contribution in [0.5, 0.6) is 0 Å². The topological polar surface area (TPSA) is 66.5 Å². The largest absolute Gasteiger partial charge is 0.350 e. The van der Waals surface area contributed by atoms with Crippen molar-refractivity contribution in [2.45, 2.75) is 18.4 Å². The monoisotopic (exact) mass is 462 g/mol. The predicted molar refractivity (Wildman–Crippen MR) is 120 cm³/mol. The van der Waals surface area contributed by atoms with E-state index < -0.39 is 22.5 Å². The second kappa shape index (κ2) is 9.51. The summed E-state index contributed by atoms with van der Waals surface area (Å²) < 4.78 is 27.5. The van der Waals surface area contributed by atoms with Crippen LogP contribution in [0.15, 0.2) is 77.7 Å². The summed E-state index contributed by atoms with van der Waals surface area (Å²) in [6.07, 6.45) is 0. The van der Waals surface area contributed by atoms with E-state index in [1.807, 2.05) is 31.2 Å². The molecular formula is C22H20Cl2N2O3S. The Hall–Kier alpha value is -2.54. The van der Waals surface area contributed by atoms with Crippen molar-refractivity contribution in [2.75, 3.05) is 10.8 Å². The third kappa shape index (κ3) is 5.33. The minimum absolute atomic E-state index is 0.0718. The van der Waals surface area contributed by atoms with Crippen molar-refractivity contribution in [2.24, 2.45) is 0 Å². The van der Waals surface area contributed by atoms with Gasteiger partial charge in [-0.05, 0) is 42.8 Å². The highest BCUT2D eigenvalue weighted by Crippen LogP contribution is 2.30. The summed E-state index contributed by atoms with van der Waals surface area (Å²) in [5.74, 6) is -0.443. The summed E-state index contributed by atoms with van der Waals surface area (Å²) in [5, 5.41) is 3.26. The molecule has 0 saturated carbocycles. The number of carbonyl (C=O) groups excluding carboxylic acids is 1. The first-order chi connectivity index (χ1) is 14.3. The molecular weight excluding hydrogens is 443 g/mol. The second-order valence-electron chi connectivity index (χ2n) is 6.69. The lowest BCUT2D eigenvalue weighted by atomic mass is 10.1. The zero-order valence-corrected chi connectivity index (χ0v) is 18.5. The summed E-state index contributed by atoms with van der Waals surface area (Å²) in [7, 11) is -4.00. The van der Waals surface area contributed by atoms with Gasteiger partial charge in [0.15, 0.2) is 0 Å². The van der Waals surface area contributed by atoms with Crippen molar-refractivity contribution in [3.63, 3.8) is 0 Å². The third-order valence-corrected chi connectivity index (χ3v) is 6.91. The molecule has 0 spiro atoms. The van der Waals surface area contributed by atoms with Gasteiger partial charge >= 0.3 is 0 Å². The molecule has 30 heavy (non-hydrogen) atoms. The Morgan fingerprint density at radius 1 is 0.933 bits per heavy atom. The smallest absolute Gasteiger partial charge is 0.264 e. The van der Waals surface area contributed by atoms with Gasteiger partial charge in [-0.3, -0.25) is 9.10 Å². The maximum Gasteiger partial charge on any atom is 0.264 e. The van der Waals surface area contributed by atoms with Crippen molar-refractivity contribution >= 4 is 44.8 Å². The highest BCUT2D eigenvalue weighted by atomic mass is 35.5. The summed E-state index contributed by atoms with van der Waals surface area (Å²) >= 11 is 12.1. The molecule has 0 aliphatic heterocycles. The molecule has 0 heterocycles. The number of halogens is 2. The quantitative estimate of drug-likeness (QED) is 0.547. The Morgan fingerprint density at radius 3 is 2.33 bits per heavy atom. The molecule has 5 nitrogen and oxygen atoms in total. The first-order valence-corrected chi connectivity index (χ1v) is 11.3. The van der Waals surface area contributed by atoms with Crippen molar-refractivity contribution in [1.82, 2.24) is 5.32 Å². The van der Waals surface area contributed by atoms with Gasteiger partial charge in [-0.1, -0.05) is 71.2 Å². The first-order valence-electron chi connectivity index (χ1n) is 9.12. The summed E-state index contributed by atoms with van der Waals surface area (Å²) in [4.78, 5) is 12.7. The van der Waals surface area contributed by atoms with Crippen LogP contribution >= 0.6 is 23.2 Å². The van der Waals surface area contributed by atoms with E-state index in [1.165, 1.54) is 30.3 Å². The Kier molecular flexibility index (Phi) is 7.02. The van der Waals surface area contributed by atoms with Crippen LogP contribution in [0, 0.1) is 6.92 Å². The van der Waals surface area contributed by atoms with Crippen LogP contribution in [0.25, 0.3) is 0 Å². The van der Waals surface area contributed by atoms with Gasteiger partial charge in [0, 0.05) is 6.54 Å². The molecule has 0 atom stereocenters. The lowest BCUT2D eigenvalue weighted by Crippen LogP contribution is -2.40. The van der Waals surface area contributed by atoms with Gasteiger partial charge in [0.1, 0.15) is 6.54 Å². The van der Waals surface area contributed by atoms with Gasteiger partial charge in [-0.2, -0.15) is 0 Å². The average Bonchev–Trinajstić information content (AvgIpc) is 2.73. The van der Waals surface area contributed by atoms with Gasteiger partial charge in [-0.15, -0.1) is 0 Å². The summed E-state index contributed by atoms with van der Waals surface area (Å²) in [6.45, 7) is 1.85. The fraction of sp³-hybridized carbons (Fsp3) is 0.136. The van der Waals surface area contributed by atoms with E-state index in [-0.39, 0.29) is 15.6 Å². The standard InChI is InChI=1S/C22H20Cl2N2O3S/c1-16-6-5-7-17(12-16)14-25-22(27)15-26(18-10-11-20(23)21(24)13-18)30(28,29)19-8-3-2-4-9-19/h2-13H,14-15H2,1H3,(H,25,27). The molecule has 8 heteroatoms.